The molecule has 2 aromatic rings. The SMILES string of the molecule is CCc1ccccc1OCc1nc2c(s1)CCCN2. The smallest absolute Gasteiger partial charge is 0.140 e. The van der Waals surface area contributed by atoms with Crippen molar-refractivity contribution in [3.8, 4) is 5.75 Å². The van der Waals surface area contributed by atoms with Crippen molar-refractivity contribution >= 4 is 17.2 Å². The first-order valence-electron chi connectivity index (χ1n) is 6.80. The van der Waals surface area contributed by atoms with Crippen molar-refractivity contribution < 1.29 is 4.74 Å². The van der Waals surface area contributed by atoms with E-state index in [9.17, 15) is 0 Å². The topological polar surface area (TPSA) is 34.1 Å². The Bertz CT molecular complexity index is 542. The maximum Gasteiger partial charge on any atom is 0.140 e. The van der Waals surface area contributed by atoms with Crippen LogP contribution in [-0.2, 0) is 19.4 Å². The lowest BCUT2D eigenvalue weighted by Crippen LogP contribution is -2.10. The molecule has 1 aliphatic heterocycles. The summed E-state index contributed by atoms with van der Waals surface area (Å²) in [6.45, 7) is 3.75. The zero-order valence-electron chi connectivity index (χ0n) is 11.1. The fourth-order valence-corrected chi connectivity index (χ4v) is 3.30. The predicted octanol–water partition coefficient (Wildman–Crippen LogP) is 3.64. The van der Waals surface area contributed by atoms with Gasteiger partial charge in [-0.2, -0.15) is 0 Å². The highest BCUT2D eigenvalue weighted by Crippen LogP contribution is 2.28. The minimum Gasteiger partial charge on any atom is -0.486 e. The Labute approximate surface area is 117 Å². The molecule has 0 saturated carbocycles. The maximum absolute atomic E-state index is 5.91. The molecule has 1 aliphatic rings. The third-order valence-electron chi connectivity index (χ3n) is 3.32. The van der Waals surface area contributed by atoms with Gasteiger partial charge in [-0.1, -0.05) is 25.1 Å². The van der Waals surface area contributed by atoms with Crippen LogP contribution in [0.4, 0.5) is 5.82 Å². The third-order valence-corrected chi connectivity index (χ3v) is 4.41. The Morgan fingerprint density at radius 3 is 3.11 bits per heavy atom. The highest BCUT2D eigenvalue weighted by atomic mass is 32.1. The van der Waals surface area contributed by atoms with E-state index in [1.165, 1.54) is 16.9 Å². The second-order valence-electron chi connectivity index (χ2n) is 4.66. The van der Waals surface area contributed by atoms with Crippen LogP contribution in [-0.4, -0.2) is 11.5 Å². The van der Waals surface area contributed by atoms with Crippen LogP contribution >= 0.6 is 11.3 Å². The molecule has 1 aromatic heterocycles. The molecule has 0 aliphatic carbocycles. The first-order valence-corrected chi connectivity index (χ1v) is 7.61. The minimum absolute atomic E-state index is 0.566. The number of ether oxygens (including phenoxy) is 1. The van der Waals surface area contributed by atoms with E-state index >= 15 is 0 Å². The van der Waals surface area contributed by atoms with Gasteiger partial charge < -0.3 is 10.1 Å². The van der Waals surface area contributed by atoms with E-state index in [4.69, 9.17) is 4.74 Å². The van der Waals surface area contributed by atoms with E-state index in [0.717, 1.165) is 36.0 Å². The van der Waals surface area contributed by atoms with Crippen LogP contribution < -0.4 is 10.1 Å². The number of hydrogen-bond donors (Lipinski definition) is 1. The Balaban J connectivity index is 1.70. The summed E-state index contributed by atoms with van der Waals surface area (Å²) in [5.41, 5.74) is 1.25. The second kappa shape index (κ2) is 5.61. The molecule has 2 heterocycles. The number of thiazole rings is 1. The molecular weight excluding hydrogens is 256 g/mol. The van der Waals surface area contributed by atoms with Crippen molar-refractivity contribution in [1.82, 2.24) is 4.98 Å². The fraction of sp³-hybridized carbons (Fsp3) is 0.400. The van der Waals surface area contributed by atoms with E-state index in [2.05, 4.69) is 29.4 Å². The van der Waals surface area contributed by atoms with Gasteiger partial charge in [0.05, 0.1) is 0 Å². The summed E-state index contributed by atoms with van der Waals surface area (Å²) in [6, 6.07) is 8.22. The van der Waals surface area contributed by atoms with Crippen LogP contribution in [0.5, 0.6) is 5.75 Å². The lowest BCUT2D eigenvalue weighted by Gasteiger charge is -2.10. The average Bonchev–Trinajstić information content (AvgIpc) is 2.88. The first kappa shape index (κ1) is 12.5. The molecule has 19 heavy (non-hydrogen) atoms. The fourth-order valence-electron chi connectivity index (χ4n) is 2.30. The van der Waals surface area contributed by atoms with E-state index < -0.39 is 0 Å². The van der Waals surface area contributed by atoms with E-state index in [1.807, 2.05) is 12.1 Å². The molecular formula is C15H18N2OS. The van der Waals surface area contributed by atoms with Gasteiger partial charge in [0.15, 0.2) is 0 Å². The standard InChI is InChI=1S/C15H18N2OS/c1-2-11-6-3-4-7-12(11)18-10-14-17-15-13(19-14)8-5-9-16-15/h3-4,6-7,16H,2,5,8-10H2,1H3. The van der Waals surface area contributed by atoms with Crippen LogP contribution in [0.1, 0.15) is 28.8 Å². The summed E-state index contributed by atoms with van der Waals surface area (Å²) >= 11 is 1.77. The summed E-state index contributed by atoms with van der Waals surface area (Å²) in [5, 5.41) is 4.41. The predicted molar refractivity (Wildman–Crippen MR) is 79.1 cm³/mol. The van der Waals surface area contributed by atoms with Crippen LogP contribution in [0.3, 0.4) is 0 Å². The normalized spacial score (nSPS) is 13.7. The van der Waals surface area contributed by atoms with Crippen LogP contribution in [0, 0.1) is 0 Å². The van der Waals surface area contributed by atoms with Gasteiger partial charge in [0.2, 0.25) is 0 Å². The van der Waals surface area contributed by atoms with Crippen molar-refractivity contribution in [2.75, 3.05) is 11.9 Å². The number of para-hydroxylation sites is 1. The lowest BCUT2D eigenvalue weighted by molar-refractivity contribution is 0.302. The highest BCUT2D eigenvalue weighted by Gasteiger charge is 2.15. The Hall–Kier alpha value is -1.55. The molecule has 0 radical (unpaired) electrons. The van der Waals surface area contributed by atoms with Gasteiger partial charge in [-0.3, -0.25) is 0 Å². The number of hydrogen-bond acceptors (Lipinski definition) is 4. The molecule has 0 bridgehead atoms. The number of nitrogens with zero attached hydrogens (tertiary/aromatic N) is 1. The zero-order valence-corrected chi connectivity index (χ0v) is 11.9. The zero-order chi connectivity index (χ0) is 13.1. The molecule has 100 valence electrons. The van der Waals surface area contributed by atoms with Crippen molar-refractivity contribution in [3.63, 3.8) is 0 Å². The van der Waals surface area contributed by atoms with Gasteiger partial charge in [0, 0.05) is 11.4 Å². The number of anilines is 1. The van der Waals surface area contributed by atoms with Crippen molar-refractivity contribution in [3.05, 3.63) is 39.7 Å². The van der Waals surface area contributed by atoms with Crippen molar-refractivity contribution in [2.45, 2.75) is 32.8 Å². The quantitative estimate of drug-likeness (QED) is 0.924. The number of aromatic nitrogens is 1. The van der Waals surface area contributed by atoms with Crippen LogP contribution in [0.2, 0.25) is 0 Å². The molecule has 0 spiro atoms. The summed E-state index contributed by atoms with van der Waals surface area (Å²) < 4.78 is 5.91. The van der Waals surface area contributed by atoms with Crippen molar-refractivity contribution in [2.24, 2.45) is 0 Å². The Morgan fingerprint density at radius 2 is 2.26 bits per heavy atom. The molecule has 1 N–H and O–H groups in total. The Kier molecular flexibility index (Phi) is 3.69. The van der Waals surface area contributed by atoms with Gasteiger partial charge in [-0.05, 0) is 30.9 Å². The van der Waals surface area contributed by atoms with Gasteiger partial charge >= 0.3 is 0 Å². The molecule has 0 amide bonds. The molecule has 4 heteroatoms. The number of rotatable bonds is 4. The molecule has 1 aromatic carbocycles. The molecule has 0 fully saturated rings. The average molecular weight is 274 g/mol. The third kappa shape index (κ3) is 2.73. The van der Waals surface area contributed by atoms with E-state index in [-0.39, 0.29) is 0 Å². The van der Waals surface area contributed by atoms with E-state index in [1.54, 1.807) is 11.3 Å². The molecule has 0 unspecified atom stereocenters. The molecule has 3 nitrogen and oxygen atoms in total. The van der Waals surface area contributed by atoms with Gasteiger partial charge in [-0.25, -0.2) is 4.98 Å². The van der Waals surface area contributed by atoms with Gasteiger partial charge in [0.25, 0.3) is 0 Å². The largest absolute Gasteiger partial charge is 0.486 e. The first-order chi connectivity index (χ1) is 9.36. The number of nitrogens with one attached hydrogen (secondary N) is 1. The molecule has 0 atom stereocenters. The summed E-state index contributed by atoms with van der Waals surface area (Å²) in [5.74, 6) is 2.05. The van der Waals surface area contributed by atoms with Crippen LogP contribution in [0.15, 0.2) is 24.3 Å². The van der Waals surface area contributed by atoms with Gasteiger partial charge in [0.1, 0.15) is 23.2 Å². The van der Waals surface area contributed by atoms with Crippen LogP contribution in [0.25, 0.3) is 0 Å². The monoisotopic (exact) mass is 274 g/mol. The maximum atomic E-state index is 5.91. The summed E-state index contributed by atoms with van der Waals surface area (Å²) in [6.07, 6.45) is 3.34. The molecule has 0 saturated heterocycles. The second-order valence-corrected chi connectivity index (χ2v) is 5.83. The summed E-state index contributed by atoms with van der Waals surface area (Å²) in [4.78, 5) is 5.97. The minimum atomic E-state index is 0.566. The van der Waals surface area contributed by atoms with Gasteiger partial charge in [-0.15, -0.1) is 11.3 Å². The lowest BCUT2D eigenvalue weighted by atomic mass is 10.1. The Morgan fingerprint density at radius 1 is 1.37 bits per heavy atom. The number of benzene rings is 1. The summed E-state index contributed by atoms with van der Waals surface area (Å²) in [7, 11) is 0. The van der Waals surface area contributed by atoms with E-state index in [0.29, 0.717) is 6.61 Å². The molecule has 3 rings (SSSR count). The van der Waals surface area contributed by atoms with Crippen molar-refractivity contribution in [1.29, 1.82) is 0 Å². The highest BCUT2D eigenvalue weighted by molar-refractivity contribution is 7.12. The number of aryl methyl sites for hydroxylation is 2. The number of fused-ring (bicyclic) bond motifs is 1.